The standard InChI is InChI=1S/C35H25ClI2N2O4S/c1-2-43-34(42)29-30(23-9-5-3-6-10-23)39-35-40(31(29)24-11-7-4-8-12-24)33(41)28(45-35)19-22-17-26(37)32(27(38)18-22)44-20-21-13-15-25(36)16-14-21/h3-19,31H,2,20H2,1H3/b28-19-/t31-/m1/s1. The van der Waals surface area contributed by atoms with Crippen LogP contribution in [-0.2, 0) is 16.1 Å². The number of thiazole rings is 1. The summed E-state index contributed by atoms with van der Waals surface area (Å²) in [6, 6.07) is 29.9. The highest BCUT2D eigenvalue weighted by atomic mass is 127. The number of aromatic nitrogens is 1. The molecule has 0 saturated carbocycles. The molecule has 0 radical (unpaired) electrons. The van der Waals surface area contributed by atoms with Crippen molar-refractivity contribution in [1.29, 1.82) is 0 Å². The number of benzene rings is 4. The summed E-state index contributed by atoms with van der Waals surface area (Å²) in [7, 11) is 0. The third-order valence-electron chi connectivity index (χ3n) is 7.10. The summed E-state index contributed by atoms with van der Waals surface area (Å²) >= 11 is 11.8. The van der Waals surface area contributed by atoms with Gasteiger partial charge in [0.1, 0.15) is 12.4 Å². The van der Waals surface area contributed by atoms with Crippen molar-refractivity contribution in [3.63, 3.8) is 0 Å². The van der Waals surface area contributed by atoms with Crippen LogP contribution in [0, 0.1) is 7.14 Å². The number of halogens is 3. The van der Waals surface area contributed by atoms with Gasteiger partial charge in [-0.1, -0.05) is 95.7 Å². The van der Waals surface area contributed by atoms with Gasteiger partial charge in [0, 0.05) is 10.6 Å². The molecule has 1 atom stereocenters. The average molecular weight is 859 g/mol. The van der Waals surface area contributed by atoms with Crippen LogP contribution in [0.3, 0.4) is 0 Å². The van der Waals surface area contributed by atoms with Crippen molar-refractivity contribution < 1.29 is 14.3 Å². The number of rotatable bonds is 8. The van der Waals surface area contributed by atoms with Gasteiger partial charge >= 0.3 is 5.97 Å². The fraction of sp³-hybridized carbons (Fsp3) is 0.114. The first-order chi connectivity index (χ1) is 21.8. The predicted octanol–water partition coefficient (Wildman–Crippen LogP) is 7.38. The second kappa shape index (κ2) is 14.0. The number of nitrogens with zero attached hydrogens (tertiary/aromatic N) is 2. The lowest BCUT2D eigenvalue weighted by molar-refractivity contribution is -0.138. The number of fused-ring (bicyclic) bond motifs is 1. The van der Waals surface area contributed by atoms with Gasteiger partial charge in [-0.05, 0) is 99.1 Å². The first-order valence-electron chi connectivity index (χ1n) is 14.0. The Hall–Kier alpha value is -3.26. The Morgan fingerprint density at radius 1 is 0.978 bits per heavy atom. The van der Waals surface area contributed by atoms with Gasteiger partial charge in [-0.15, -0.1) is 0 Å². The van der Waals surface area contributed by atoms with Crippen molar-refractivity contribution in [2.75, 3.05) is 6.61 Å². The molecule has 1 aliphatic rings. The van der Waals surface area contributed by atoms with Crippen LogP contribution in [0.5, 0.6) is 5.75 Å². The minimum absolute atomic E-state index is 0.201. The number of carbonyl (C=O) groups excluding carboxylic acids is 1. The van der Waals surface area contributed by atoms with Crippen molar-refractivity contribution in [2.45, 2.75) is 19.6 Å². The summed E-state index contributed by atoms with van der Waals surface area (Å²) in [5, 5.41) is 0.682. The minimum Gasteiger partial charge on any atom is -0.487 e. The van der Waals surface area contributed by atoms with Crippen molar-refractivity contribution in [2.24, 2.45) is 4.99 Å². The van der Waals surface area contributed by atoms with Crippen LogP contribution in [0.15, 0.2) is 112 Å². The molecule has 45 heavy (non-hydrogen) atoms. The normalized spacial score (nSPS) is 14.6. The molecule has 0 amide bonds. The first-order valence-corrected chi connectivity index (χ1v) is 17.4. The van der Waals surface area contributed by atoms with Gasteiger partial charge in [-0.2, -0.15) is 0 Å². The number of hydrogen-bond acceptors (Lipinski definition) is 6. The van der Waals surface area contributed by atoms with E-state index in [2.05, 4.69) is 45.2 Å². The zero-order valence-corrected chi connectivity index (χ0v) is 29.8. The van der Waals surface area contributed by atoms with Gasteiger partial charge in [0.25, 0.3) is 5.56 Å². The van der Waals surface area contributed by atoms with E-state index in [9.17, 15) is 9.59 Å². The van der Waals surface area contributed by atoms with Crippen LogP contribution in [0.1, 0.15) is 35.2 Å². The van der Waals surface area contributed by atoms with Gasteiger partial charge in [0.2, 0.25) is 0 Å². The summed E-state index contributed by atoms with van der Waals surface area (Å²) in [5.74, 6) is 0.280. The predicted molar refractivity (Wildman–Crippen MR) is 195 cm³/mol. The van der Waals surface area contributed by atoms with Crippen molar-refractivity contribution in [3.05, 3.63) is 157 Å². The Morgan fingerprint density at radius 2 is 1.62 bits per heavy atom. The fourth-order valence-corrected chi connectivity index (χ4v) is 8.33. The topological polar surface area (TPSA) is 69.9 Å². The summed E-state index contributed by atoms with van der Waals surface area (Å²) in [5.41, 5.74) is 4.05. The second-order valence-corrected chi connectivity index (χ2v) is 13.8. The molecule has 0 fully saturated rings. The molecule has 6 rings (SSSR count). The molecule has 4 aromatic carbocycles. The van der Waals surface area contributed by atoms with E-state index in [1.807, 2.05) is 103 Å². The molecule has 0 unspecified atom stereocenters. The molecule has 6 nitrogen and oxygen atoms in total. The second-order valence-electron chi connectivity index (χ2n) is 10.1. The number of carbonyl (C=O) groups is 1. The summed E-state index contributed by atoms with van der Waals surface area (Å²) in [6.45, 7) is 2.38. The van der Waals surface area contributed by atoms with Gasteiger partial charge in [-0.3, -0.25) is 9.36 Å². The van der Waals surface area contributed by atoms with Crippen molar-refractivity contribution in [1.82, 2.24) is 4.57 Å². The lowest BCUT2D eigenvalue weighted by atomic mass is 9.93. The van der Waals surface area contributed by atoms with Gasteiger partial charge < -0.3 is 9.47 Å². The fourth-order valence-electron chi connectivity index (χ4n) is 5.08. The third kappa shape index (κ3) is 6.81. The molecule has 2 heterocycles. The summed E-state index contributed by atoms with van der Waals surface area (Å²) < 4.78 is 15.7. The minimum atomic E-state index is -0.706. The molecule has 1 aliphatic heterocycles. The highest BCUT2D eigenvalue weighted by molar-refractivity contribution is 14.1. The Kier molecular flexibility index (Phi) is 9.88. The van der Waals surface area contributed by atoms with Crippen LogP contribution in [-0.4, -0.2) is 17.1 Å². The van der Waals surface area contributed by atoms with Crippen molar-refractivity contribution >= 4 is 85.9 Å². The maximum absolute atomic E-state index is 14.2. The molecule has 5 aromatic rings. The molecule has 0 spiro atoms. The maximum Gasteiger partial charge on any atom is 0.338 e. The molecule has 0 saturated heterocycles. The Morgan fingerprint density at radius 3 is 2.27 bits per heavy atom. The number of hydrogen-bond donors (Lipinski definition) is 0. The molecule has 226 valence electrons. The van der Waals surface area contributed by atoms with Crippen molar-refractivity contribution in [3.8, 4) is 5.75 Å². The van der Waals surface area contributed by atoms with E-state index in [0.29, 0.717) is 32.2 Å². The first kappa shape index (κ1) is 31.7. The molecular weight excluding hydrogens is 834 g/mol. The molecular formula is C35H25ClI2N2O4S. The number of esters is 1. The molecule has 0 aliphatic carbocycles. The van der Waals surface area contributed by atoms with E-state index in [1.165, 1.54) is 11.3 Å². The van der Waals surface area contributed by atoms with Crippen LogP contribution in [0.2, 0.25) is 5.02 Å². The van der Waals surface area contributed by atoms with Crippen LogP contribution < -0.4 is 19.6 Å². The average Bonchev–Trinajstić information content (AvgIpc) is 3.35. The lowest BCUT2D eigenvalue weighted by Crippen LogP contribution is -2.40. The van der Waals surface area contributed by atoms with Crippen LogP contribution in [0.4, 0.5) is 0 Å². The Labute approximate surface area is 296 Å². The quantitative estimate of drug-likeness (QED) is 0.121. The number of ether oxygens (including phenoxy) is 2. The maximum atomic E-state index is 14.2. The van der Waals surface area contributed by atoms with Crippen LogP contribution >= 0.6 is 68.1 Å². The Bertz CT molecular complexity index is 2070. The van der Waals surface area contributed by atoms with E-state index in [4.69, 9.17) is 26.1 Å². The summed E-state index contributed by atoms with van der Waals surface area (Å²) in [6.07, 6.45) is 1.87. The van der Waals surface area contributed by atoms with E-state index < -0.39 is 12.0 Å². The van der Waals surface area contributed by atoms with E-state index in [-0.39, 0.29) is 12.2 Å². The SMILES string of the molecule is CCOC(=O)C1=C(c2ccccc2)N=c2s/c(=C\c3cc(I)c(OCc4ccc(Cl)cc4)c(I)c3)c(=O)n2[C@@H]1c1ccccc1. The van der Waals surface area contributed by atoms with E-state index in [0.717, 1.165) is 35.1 Å². The molecule has 0 N–H and O–H groups in total. The van der Waals surface area contributed by atoms with Gasteiger partial charge in [0.15, 0.2) is 4.80 Å². The third-order valence-corrected chi connectivity index (χ3v) is 9.94. The molecule has 0 bridgehead atoms. The smallest absolute Gasteiger partial charge is 0.338 e. The zero-order chi connectivity index (χ0) is 31.5. The Balaban J connectivity index is 1.46. The largest absolute Gasteiger partial charge is 0.487 e. The summed E-state index contributed by atoms with van der Waals surface area (Å²) in [4.78, 5) is 33.2. The zero-order valence-electron chi connectivity index (χ0n) is 23.9. The van der Waals surface area contributed by atoms with Gasteiger partial charge in [-0.25, -0.2) is 9.79 Å². The molecule has 1 aromatic heterocycles. The highest BCUT2D eigenvalue weighted by Gasteiger charge is 2.35. The van der Waals surface area contributed by atoms with E-state index >= 15 is 0 Å². The highest BCUT2D eigenvalue weighted by Crippen LogP contribution is 2.35. The van der Waals surface area contributed by atoms with Gasteiger partial charge in [0.05, 0.1) is 35.6 Å². The molecule has 10 heteroatoms. The lowest BCUT2D eigenvalue weighted by Gasteiger charge is -2.25. The monoisotopic (exact) mass is 858 g/mol. The van der Waals surface area contributed by atoms with E-state index in [1.54, 1.807) is 11.5 Å². The van der Waals surface area contributed by atoms with Crippen LogP contribution in [0.25, 0.3) is 11.8 Å².